The molecule has 1 aromatic rings. The normalized spacial score (nSPS) is 29.8. The van der Waals surface area contributed by atoms with E-state index >= 15 is 0 Å². The summed E-state index contributed by atoms with van der Waals surface area (Å²) in [6.07, 6.45) is 4.64. The van der Waals surface area contributed by atoms with Gasteiger partial charge in [0.05, 0.1) is 5.75 Å². The monoisotopic (exact) mass is 299 g/mol. The van der Waals surface area contributed by atoms with Crippen molar-refractivity contribution in [2.75, 3.05) is 0 Å². The standard InChI is InChI=1S/C14H18ClNO2S/c15-13-4-2-1-3-12(13)9-19(17,18)16-14-8-10-5-6-11(14)7-10/h1-4,10-11,14,16H,5-9H2/t10-,11-,14-/m0/s1. The molecule has 19 heavy (non-hydrogen) atoms. The lowest BCUT2D eigenvalue weighted by molar-refractivity contribution is 0.390. The number of benzene rings is 1. The third-order valence-corrected chi connectivity index (χ3v) is 6.09. The van der Waals surface area contributed by atoms with Gasteiger partial charge in [0.15, 0.2) is 0 Å². The first-order valence-electron chi connectivity index (χ1n) is 6.77. The summed E-state index contributed by atoms with van der Waals surface area (Å²) < 4.78 is 27.3. The number of halogens is 1. The Morgan fingerprint density at radius 3 is 2.63 bits per heavy atom. The molecule has 0 saturated heterocycles. The summed E-state index contributed by atoms with van der Waals surface area (Å²) in [6.45, 7) is 0. The lowest BCUT2D eigenvalue weighted by atomic mass is 9.96. The molecule has 2 bridgehead atoms. The van der Waals surface area contributed by atoms with E-state index in [2.05, 4.69) is 4.72 Å². The van der Waals surface area contributed by atoms with Gasteiger partial charge in [0.1, 0.15) is 0 Å². The van der Waals surface area contributed by atoms with E-state index in [4.69, 9.17) is 11.6 Å². The van der Waals surface area contributed by atoms with Crippen molar-refractivity contribution in [1.29, 1.82) is 0 Å². The number of sulfonamides is 1. The molecule has 2 aliphatic rings. The van der Waals surface area contributed by atoms with E-state index in [-0.39, 0.29) is 11.8 Å². The van der Waals surface area contributed by atoms with Crippen molar-refractivity contribution >= 4 is 21.6 Å². The van der Waals surface area contributed by atoms with E-state index in [0.29, 0.717) is 16.5 Å². The largest absolute Gasteiger partial charge is 0.216 e. The second kappa shape index (κ2) is 5.08. The first-order valence-corrected chi connectivity index (χ1v) is 8.80. The van der Waals surface area contributed by atoms with E-state index in [0.717, 1.165) is 12.3 Å². The Hall–Kier alpha value is -0.580. The maximum atomic E-state index is 12.2. The first kappa shape index (κ1) is 13.4. The molecular weight excluding hydrogens is 282 g/mol. The van der Waals surface area contributed by atoms with Gasteiger partial charge in [-0.2, -0.15) is 0 Å². The van der Waals surface area contributed by atoms with Gasteiger partial charge in [-0.15, -0.1) is 0 Å². The Kier molecular flexibility index (Phi) is 3.58. The van der Waals surface area contributed by atoms with Crippen molar-refractivity contribution in [3.63, 3.8) is 0 Å². The van der Waals surface area contributed by atoms with Gasteiger partial charge in [-0.1, -0.05) is 36.2 Å². The average Bonchev–Trinajstić information content (AvgIpc) is 2.93. The molecule has 0 radical (unpaired) electrons. The predicted molar refractivity (Wildman–Crippen MR) is 76.4 cm³/mol. The number of hydrogen-bond donors (Lipinski definition) is 1. The molecule has 0 aromatic heterocycles. The van der Waals surface area contributed by atoms with Crippen LogP contribution in [0.25, 0.3) is 0 Å². The van der Waals surface area contributed by atoms with Gasteiger partial charge >= 0.3 is 0 Å². The molecule has 1 N–H and O–H groups in total. The average molecular weight is 300 g/mol. The van der Waals surface area contributed by atoms with Crippen LogP contribution in [0.5, 0.6) is 0 Å². The summed E-state index contributed by atoms with van der Waals surface area (Å²) in [6, 6.07) is 7.26. The Morgan fingerprint density at radius 2 is 2.00 bits per heavy atom. The minimum atomic E-state index is -3.30. The highest BCUT2D eigenvalue weighted by atomic mass is 35.5. The van der Waals surface area contributed by atoms with E-state index in [1.54, 1.807) is 12.1 Å². The van der Waals surface area contributed by atoms with E-state index in [1.165, 1.54) is 19.3 Å². The fourth-order valence-corrected chi connectivity index (χ4v) is 5.26. The molecular formula is C14H18ClNO2S. The molecule has 0 amide bonds. The van der Waals surface area contributed by atoms with Crippen LogP contribution in [0.4, 0.5) is 0 Å². The zero-order chi connectivity index (χ0) is 13.5. The van der Waals surface area contributed by atoms with Crippen molar-refractivity contribution in [1.82, 2.24) is 4.72 Å². The van der Waals surface area contributed by atoms with Crippen LogP contribution in [-0.2, 0) is 15.8 Å². The lowest BCUT2D eigenvalue weighted by Crippen LogP contribution is -2.39. The van der Waals surface area contributed by atoms with Crippen molar-refractivity contribution in [2.24, 2.45) is 11.8 Å². The van der Waals surface area contributed by atoms with Gasteiger partial charge in [0.2, 0.25) is 10.0 Å². The number of hydrogen-bond acceptors (Lipinski definition) is 2. The van der Waals surface area contributed by atoms with Crippen molar-refractivity contribution < 1.29 is 8.42 Å². The molecule has 3 nitrogen and oxygen atoms in total. The smallest absolute Gasteiger partial charge is 0.212 e. The molecule has 0 spiro atoms. The Labute approximate surface area is 119 Å². The van der Waals surface area contributed by atoms with Crippen LogP contribution in [-0.4, -0.2) is 14.5 Å². The van der Waals surface area contributed by atoms with Gasteiger partial charge in [0.25, 0.3) is 0 Å². The van der Waals surface area contributed by atoms with E-state index in [9.17, 15) is 8.42 Å². The molecule has 3 atom stereocenters. The van der Waals surface area contributed by atoms with Crippen LogP contribution >= 0.6 is 11.6 Å². The summed E-state index contributed by atoms with van der Waals surface area (Å²) in [5, 5.41) is 0.515. The summed E-state index contributed by atoms with van der Waals surface area (Å²) in [5.41, 5.74) is 0.667. The van der Waals surface area contributed by atoms with Crippen LogP contribution in [0.3, 0.4) is 0 Å². The quantitative estimate of drug-likeness (QED) is 0.929. The summed E-state index contributed by atoms with van der Waals surface area (Å²) in [7, 11) is -3.30. The Balaban J connectivity index is 1.68. The van der Waals surface area contributed by atoms with E-state index < -0.39 is 10.0 Å². The molecule has 2 fully saturated rings. The number of nitrogens with one attached hydrogen (secondary N) is 1. The molecule has 3 rings (SSSR count). The minimum absolute atomic E-state index is 0.0272. The topological polar surface area (TPSA) is 46.2 Å². The SMILES string of the molecule is O=S(=O)(Cc1ccccc1Cl)N[C@H]1C[C@H]2CC[C@H]1C2. The van der Waals surface area contributed by atoms with Gasteiger partial charge < -0.3 is 0 Å². The molecule has 2 saturated carbocycles. The fraction of sp³-hybridized carbons (Fsp3) is 0.571. The first-order chi connectivity index (χ1) is 9.03. The van der Waals surface area contributed by atoms with Crippen molar-refractivity contribution in [3.05, 3.63) is 34.9 Å². The highest BCUT2D eigenvalue weighted by Crippen LogP contribution is 2.44. The second-order valence-corrected chi connectivity index (χ2v) is 7.91. The Bertz CT molecular complexity index is 573. The highest BCUT2D eigenvalue weighted by Gasteiger charge is 2.41. The number of rotatable bonds is 4. The zero-order valence-corrected chi connectivity index (χ0v) is 12.3. The summed E-state index contributed by atoms with van der Waals surface area (Å²) in [5.74, 6) is 1.25. The third-order valence-electron chi connectivity index (χ3n) is 4.37. The minimum Gasteiger partial charge on any atom is -0.212 e. The lowest BCUT2D eigenvalue weighted by Gasteiger charge is -2.22. The summed E-state index contributed by atoms with van der Waals surface area (Å²) in [4.78, 5) is 0. The van der Waals surface area contributed by atoms with Gasteiger partial charge in [-0.05, 0) is 42.7 Å². The van der Waals surface area contributed by atoms with Crippen LogP contribution in [0, 0.1) is 11.8 Å². The zero-order valence-electron chi connectivity index (χ0n) is 10.7. The molecule has 104 valence electrons. The Morgan fingerprint density at radius 1 is 1.21 bits per heavy atom. The molecule has 2 aliphatic carbocycles. The molecule has 0 unspecified atom stereocenters. The molecule has 0 heterocycles. The van der Waals surface area contributed by atoms with Gasteiger partial charge in [-0.3, -0.25) is 0 Å². The molecule has 1 aromatic carbocycles. The predicted octanol–water partition coefficient (Wildman–Crippen LogP) is 2.95. The third kappa shape index (κ3) is 2.96. The van der Waals surface area contributed by atoms with Crippen LogP contribution in [0.1, 0.15) is 31.2 Å². The summed E-state index contributed by atoms with van der Waals surface area (Å²) >= 11 is 6.02. The second-order valence-electron chi connectivity index (χ2n) is 5.75. The van der Waals surface area contributed by atoms with E-state index in [1.807, 2.05) is 12.1 Å². The van der Waals surface area contributed by atoms with Crippen LogP contribution in [0.15, 0.2) is 24.3 Å². The molecule has 5 heteroatoms. The highest BCUT2D eigenvalue weighted by molar-refractivity contribution is 7.88. The maximum Gasteiger partial charge on any atom is 0.216 e. The van der Waals surface area contributed by atoms with Gasteiger partial charge in [-0.25, -0.2) is 13.1 Å². The van der Waals surface area contributed by atoms with Gasteiger partial charge in [0, 0.05) is 11.1 Å². The maximum absolute atomic E-state index is 12.2. The number of fused-ring (bicyclic) bond motifs is 2. The molecule has 0 aliphatic heterocycles. The van der Waals surface area contributed by atoms with Crippen LogP contribution < -0.4 is 4.72 Å². The van der Waals surface area contributed by atoms with Crippen LogP contribution in [0.2, 0.25) is 5.02 Å². The van der Waals surface area contributed by atoms with Crippen molar-refractivity contribution in [3.8, 4) is 0 Å². The van der Waals surface area contributed by atoms with Crippen molar-refractivity contribution in [2.45, 2.75) is 37.5 Å². The fourth-order valence-electron chi connectivity index (χ4n) is 3.48.